The zero-order valence-corrected chi connectivity index (χ0v) is 11.1. The van der Waals surface area contributed by atoms with E-state index in [1.807, 2.05) is 11.8 Å². The lowest BCUT2D eigenvalue weighted by Gasteiger charge is -2.22. The molecule has 2 heterocycles. The van der Waals surface area contributed by atoms with Gasteiger partial charge in [0.05, 0.1) is 0 Å². The molecule has 0 bridgehead atoms. The Bertz CT molecular complexity index is 409. The van der Waals surface area contributed by atoms with E-state index in [9.17, 15) is 8.78 Å². The molecule has 0 amide bonds. The van der Waals surface area contributed by atoms with E-state index in [1.165, 1.54) is 0 Å². The van der Waals surface area contributed by atoms with Gasteiger partial charge in [0, 0.05) is 19.7 Å². The second kappa shape index (κ2) is 6.22. The van der Waals surface area contributed by atoms with E-state index in [1.54, 1.807) is 7.05 Å². The van der Waals surface area contributed by atoms with Crippen LogP contribution in [0.5, 0.6) is 0 Å². The topological polar surface area (TPSA) is 37.0 Å². The van der Waals surface area contributed by atoms with Crippen molar-refractivity contribution in [2.75, 3.05) is 35.7 Å². The summed E-state index contributed by atoms with van der Waals surface area (Å²) in [4.78, 5) is 3.90. The first-order chi connectivity index (χ1) is 8.70. The van der Waals surface area contributed by atoms with Gasteiger partial charge in [-0.3, -0.25) is 0 Å². The maximum absolute atomic E-state index is 13.5. The van der Waals surface area contributed by atoms with Gasteiger partial charge < -0.3 is 10.6 Å². The SMILES string of the molecule is CNc1nc(NCC2CCSCC2)c(F)cc1F. The van der Waals surface area contributed by atoms with Crippen molar-refractivity contribution < 1.29 is 8.78 Å². The van der Waals surface area contributed by atoms with Gasteiger partial charge in [-0.2, -0.15) is 11.8 Å². The zero-order valence-electron chi connectivity index (χ0n) is 10.3. The van der Waals surface area contributed by atoms with E-state index < -0.39 is 11.6 Å². The molecular weight excluding hydrogens is 256 g/mol. The Labute approximate surface area is 110 Å². The molecule has 2 rings (SSSR count). The van der Waals surface area contributed by atoms with Crippen LogP contribution >= 0.6 is 11.8 Å². The summed E-state index contributed by atoms with van der Waals surface area (Å²) < 4.78 is 26.8. The summed E-state index contributed by atoms with van der Waals surface area (Å²) in [6.45, 7) is 0.694. The van der Waals surface area contributed by atoms with Gasteiger partial charge in [-0.25, -0.2) is 13.8 Å². The van der Waals surface area contributed by atoms with Crippen LogP contribution in [0.4, 0.5) is 20.4 Å². The summed E-state index contributed by atoms with van der Waals surface area (Å²) in [5.41, 5.74) is 0. The van der Waals surface area contributed by atoms with Gasteiger partial charge in [0.2, 0.25) is 0 Å². The van der Waals surface area contributed by atoms with Crippen molar-refractivity contribution in [3.63, 3.8) is 0 Å². The predicted molar refractivity (Wildman–Crippen MR) is 72.2 cm³/mol. The number of rotatable bonds is 4. The molecule has 1 aromatic rings. The van der Waals surface area contributed by atoms with Crippen LogP contribution in [0.25, 0.3) is 0 Å². The van der Waals surface area contributed by atoms with Crippen LogP contribution in [-0.2, 0) is 0 Å². The highest BCUT2D eigenvalue weighted by molar-refractivity contribution is 7.99. The molecule has 1 aliphatic rings. The maximum Gasteiger partial charge on any atom is 0.168 e. The quantitative estimate of drug-likeness (QED) is 0.884. The Morgan fingerprint density at radius 3 is 2.61 bits per heavy atom. The molecule has 0 aromatic carbocycles. The summed E-state index contributed by atoms with van der Waals surface area (Å²) in [7, 11) is 1.56. The fourth-order valence-corrected chi connectivity index (χ4v) is 3.16. The van der Waals surface area contributed by atoms with Crippen LogP contribution in [0.15, 0.2) is 6.07 Å². The van der Waals surface area contributed by atoms with Crippen molar-refractivity contribution in [2.45, 2.75) is 12.8 Å². The van der Waals surface area contributed by atoms with Crippen molar-refractivity contribution in [3.8, 4) is 0 Å². The fraction of sp³-hybridized carbons (Fsp3) is 0.583. The molecule has 1 fully saturated rings. The number of aromatic nitrogens is 1. The first-order valence-electron chi connectivity index (χ1n) is 6.06. The predicted octanol–water partition coefficient (Wildman–Crippen LogP) is 2.96. The zero-order chi connectivity index (χ0) is 13.0. The summed E-state index contributed by atoms with van der Waals surface area (Å²) >= 11 is 1.95. The number of anilines is 2. The first-order valence-corrected chi connectivity index (χ1v) is 7.21. The highest BCUT2D eigenvalue weighted by Gasteiger charge is 2.16. The van der Waals surface area contributed by atoms with Gasteiger partial charge in [0.1, 0.15) is 0 Å². The van der Waals surface area contributed by atoms with Crippen LogP contribution in [0, 0.1) is 17.6 Å². The van der Waals surface area contributed by atoms with Gasteiger partial charge in [-0.15, -0.1) is 0 Å². The molecule has 0 spiro atoms. The van der Waals surface area contributed by atoms with Crippen LogP contribution < -0.4 is 10.6 Å². The van der Waals surface area contributed by atoms with Gasteiger partial charge in [-0.05, 0) is 30.3 Å². The molecule has 0 radical (unpaired) electrons. The average molecular weight is 273 g/mol. The fourth-order valence-electron chi connectivity index (χ4n) is 1.96. The minimum absolute atomic E-state index is 0.0677. The molecule has 0 atom stereocenters. The van der Waals surface area contributed by atoms with Crippen LogP contribution in [-0.4, -0.2) is 30.1 Å². The second-order valence-electron chi connectivity index (χ2n) is 4.34. The molecular formula is C12H17F2N3S. The van der Waals surface area contributed by atoms with Gasteiger partial charge >= 0.3 is 0 Å². The third-order valence-electron chi connectivity index (χ3n) is 3.07. The highest BCUT2D eigenvalue weighted by Crippen LogP contribution is 2.24. The summed E-state index contributed by atoms with van der Waals surface area (Å²) in [6.07, 6.45) is 2.28. The van der Waals surface area contributed by atoms with E-state index >= 15 is 0 Å². The standard InChI is InChI=1S/C12H17F2N3S/c1-15-11-9(13)6-10(14)12(17-11)16-7-8-2-4-18-5-3-8/h6,8H,2-5,7H2,1H3,(H2,15,16,17). The average Bonchev–Trinajstić information content (AvgIpc) is 2.39. The van der Waals surface area contributed by atoms with Crippen molar-refractivity contribution in [3.05, 3.63) is 17.7 Å². The lowest BCUT2D eigenvalue weighted by Crippen LogP contribution is -2.20. The van der Waals surface area contributed by atoms with Crippen LogP contribution in [0.3, 0.4) is 0 Å². The number of hydrogen-bond acceptors (Lipinski definition) is 4. The lowest BCUT2D eigenvalue weighted by molar-refractivity contribution is 0.512. The number of nitrogens with one attached hydrogen (secondary N) is 2. The van der Waals surface area contributed by atoms with E-state index in [2.05, 4.69) is 15.6 Å². The number of pyridine rings is 1. The van der Waals surface area contributed by atoms with E-state index in [4.69, 9.17) is 0 Å². The van der Waals surface area contributed by atoms with Crippen LogP contribution in [0.1, 0.15) is 12.8 Å². The third-order valence-corrected chi connectivity index (χ3v) is 4.11. The Balaban J connectivity index is 1.99. The molecule has 1 aromatic heterocycles. The van der Waals surface area contributed by atoms with Gasteiger partial charge in [0.25, 0.3) is 0 Å². The number of hydrogen-bond donors (Lipinski definition) is 2. The lowest BCUT2D eigenvalue weighted by atomic mass is 10.0. The second-order valence-corrected chi connectivity index (χ2v) is 5.56. The number of nitrogens with zero attached hydrogens (tertiary/aromatic N) is 1. The number of halogens is 2. The van der Waals surface area contributed by atoms with E-state index in [0.717, 1.165) is 30.4 Å². The van der Waals surface area contributed by atoms with Crippen molar-refractivity contribution >= 4 is 23.4 Å². The monoisotopic (exact) mass is 273 g/mol. The highest BCUT2D eigenvalue weighted by atomic mass is 32.2. The molecule has 1 saturated heterocycles. The Hall–Kier alpha value is -1.04. The normalized spacial score (nSPS) is 16.6. The molecule has 100 valence electrons. The van der Waals surface area contributed by atoms with Crippen LogP contribution in [0.2, 0.25) is 0 Å². The Kier molecular flexibility index (Phi) is 4.63. The van der Waals surface area contributed by atoms with E-state index in [-0.39, 0.29) is 11.6 Å². The van der Waals surface area contributed by atoms with Gasteiger partial charge in [-0.1, -0.05) is 0 Å². The summed E-state index contributed by atoms with van der Waals surface area (Å²) in [5, 5.41) is 5.59. The minimum atomic E-state index is -0.672. The largest absolute Gasteiger partial charge is 0.371 e. The Morgan fingerprint density at radius 2 is 1.94 bits per heavy atom. The molecule has 18 heavy (non-hydrogen) atoms. The molecule has 0 unspecified atom stereocenters. The first kappa shape index (κ1) is 13.4. The molecule has 2 N–H and O–H groups in total. The minimum Gasteiger partial charge on any atom is -0.371 e. The smallest absolute Gasteiger partial charge is 0.168 e. The molecule has 3 nitrogen and oxygen atoms in total. The maximum atomic E-state index is 13.5. The van der Waals surface area contributed by atoms with Crippen molar-refractivity contribution in [1.82, 2.24) is 4.98 Å². The third kappa shape index (κ3) is 3.25. The van der Waals surface area contributed by atoms with Gasteiger partial charge in [0.15, 0.2) is 23.3 Å². The molecule has 0 aliphatic carbocycles. The van der Waals surface area contributed by atoms with Crippen molar-refractivity contribution in [1.29, 1.82) is 0 Å². The molecule has 1 aliphatic heterocycles. The summed E-state index contributed by atoms with van der Waals surface area (Å²) in [5.74, 6) is 1.75. The summed E-state index contributed by atoms with van der Waals surface area (Å²) in [6, 6.07) is 0.859. The number of thioether (sulfide) groups is 1. The molecule has 0 saturated carbocycles. The Morgan fingerprint density at radius 1 is 1.28 bits per heavy atom. The molecule has 6 heteroatoms. The van der Waals surface area contributed by atoms with E-state index in [0.29, 0.717) is 12.5 Å². The van der Waals surface area contributed by atoms with Crippen molar-refractivity contribution in [2.24, 2.45) is 5.92 Å².